The first-order chi connectivity index (χ1) is 13.7. The molecule has 1 amide bonds. The van der Waals surface area contributed by atoms with Crippen molar-refractivity contribution in [3.05, 3.63) is 58.5 Å². The molecule has 2 heterocycles. The first-order valence-corrected chi connectivity index (χ1v) is 10.2. The molecule has 5 nitrogen and oxygen atoms in total. The quantitative estimate of drug-likeness (QED) is 0.700. The molecule has 1 aliphatic rings. The van der Waals surface area contributed by atoms with Crippen LogP contribution in [0.2, 0.25) is 5.02 Å². The summed E-state index contributed by atoms with van der Waals surface area (Å²) >= 11 is 5.82. The Morgan fingerprint density at radius 3 is 2.69 bits per heavy atom. The molecule has 1 saturated heterocycles. The van der Waals surface area contributed by atoms with E-state index in [0.717, 1.165) is 24.2 Å². The van der Waals surface area contributed by atoms with Gasteiger partial charge in [-0.05, 0) is 63.3 Å². The van der Waals surface area contributed by atoms with Gasteiger partial charge in [-0.25, -0.2) is 14.2 Å². The number of carbonyl (C=O) groups excluding carboxylic acids is 1. The van der Waals surface area contributed by atoms with Crippen LogP contribution in [-0.2, 0) is 11.3 Å². The number of halogens is 2. The highest BCUT2D eigenvalue weighted by Gasteiger charge is 2.28. The number of likely N-dealkylation sites (tertiary alicyclic amines) is 1. The average Bonchev–Trinajstić information content (AvgIpc) is 2.66. The molecule has 0 saturated carbocycles. The summed E-state index contributed by atoms with van der Waals surface area (Å²) in [6, 6.07) is 8.61. The van der Waals surface area contributed by atoms with E-state index in [0.29, 0.717) is 30.2 Å². The molecule has 0 atom stereocenters. The summed E-state index contributed by atoms with van der Waals surface area (Å²) in [4.78, 5) is 18.5. The smallest absolute Gasteiger partial charge is 0.410 e. The zero-order valence-electron chi connectivity index (χ0n) is 17.0. The van der Waals surface area contributed by atoms with Gasteiger partial charge in [-0.3, -0.25) is 0 Å². The van der Waals surface area contributed by atoms with Gasteiger partial charge in [0.05, 0.1) is 0 Å². The molecule has 0 bridgehead atoms. The number of ether oxygens (including phenoxy) is 1. The number of aromatic nitrogens is 1. The zero-order chi connectivity index (χ0) is 21.0. The summed E-state index contributed by atoms with van der Waals surface area (Å²) in [5.74, 6) is 0.686. The van der Waals surface area contributed by atoms with Crippen molar-refractivity contribution in [3.63, 3.8) is 0 Å². The molecule has 1 N–H and O–H groups in total. The molecular weight excluding hydrogens is 393 g/mol. The number of amides is 1. The molecule has 0 aliphatic carbocycles. The molecule has 29 heavy (non-hydrogen) atoms. The summed E-state index contributed by atoms with van der Waals surface area (Å²) in [7, 11) is 0. The van der Waals surface area contributed by atoms with Crippen molar-refractivity contribution in [2.45, 2.75) is 51.7 Å². The number of pyridine rings is 1. The molecule has 1 aromatic carbocycles. The second kappa shape index (κ2) is 8.99. The van der Waals surface area contributed by atoms with Gasteiger partial charge in [0.15, 0.2) is 0 Å². The Hall–Kier alpha value is -2.34. The molecule has 3 rings (SSSR count). The minimum atomic E-state index is -0.495. The number of carbonyl (C=O) groups is 1. The SMILES string of the molecule is CC(C)(C)OC(=O)N1CCC(c2cccnc2NCc2ccc(Cl)cc2F)CC1. The zero-order valence-corrected chi connectivity index (χ0v) is 17.8. The second-order valence-electron chi connectivity index (χ2n) is 8.27. The van der Waals surface area contributed by atoms with E-state index < -0.39 is 5.60 Å². The number of piperidine rings is 1. The van der Waals surface area contributed by atoms with Crippen molar-refractivity contribution in [3.8, 4) is 0 Å². The summed E-state index contributed by atoms with van der Waals surface area (Å²) in [6.45, 7) is 7.21. The molecule has 1 aromatic heterocycles. The van der Waals surface area contributed by atoms with Crippen LogP contribution in [0.4, 0.5) is 15.0 Å². The number of nitrogens with one attached hydrogen (secondary N) is 1. The Morgan fingerprint density at radius 2 is 2.03 bits per heavy atom. The monoisotopic (exact) mass is 419 g/mol. The number of benzene rings is 1. The van der Waals surface area contributed by atoms with E-state index in [1.807, 2.05) is 32.9 Å². The Labute approximate surface area is 176 Å². The van der Waals surface area contributed by atoms with Crippen molar-refractivity contribution in [2.75, 3.05) is 18.4 Å². The number of rotatable bonds is 4. The molecule has 156 valence electrons. The molecule has 0 spiro atoms. The third-order valence-electron chi connectivity index (χ3n) is 4.89. The lowest BCUT2D eigenvalue weighted by Gasteiger charge is -2.34. The van der Waals surface area contributed by atoms with Crippen molar-refractivity contribution < 1.29 is 13.9 Å². The number of hydrogen-bond donors (Lipinski definition) is 1. The normalized spacial score (nSPS) is 15.3. The van der Waals surface area contributed by atoms with Gasteiger partial charge in [0, 0.05) is 36.4 Å². The predicted molar refractivity (Wildman–Crippen MR) is 113 cm³/mol. The van der Waals surface area contributed by atoms with Crippen LogP contribution in [0.5, 0.6) is 0 Å². The van der Waals surface area contributed by atoms with E-state index in [1.165, 1.54) is 6.07 Å². The molecule has 7 heteroatoms. The van der Waals surface area contributed by atoms with Crippen LogP contribution < -0.4 is 5.32 Å². The van der Waals surface area contributed by atoms with Crippen molar-refractivity contribution >= 4 is 23.5 Å². The van der Waals surface area contributed by atoms with Crippen LogP contribution in [-0.4, -0.2) is 34.7 Å². The summed E-state index contributed by atoms with van der Waals surface area (Å²) < 4.78 is 19.5. The molecular formula is C22H27ClFN3O2. The summed E-state index contributed by atoms with van der Waals surface area (Å²) in [5.41, 5.74) is 1.13. The maximum atomic E-state index is 14.1. The van der Waals surface area contributed by atoms with Crippen molar-refractivity contribution in [1.82, 2.24) is 9.88 Å². The minimum absolute atomic E-state index is 0.265. The van der Waals surface area contributed by atoms with Crippen molar-refractivity contribution in [1.29, 1.82) is 0 Å². The first-order valence-electron chi connectivity index (χ1n) is 9.83. The van der Waals surface area contributed by atoms with E-state index >= 15 is 0 Å². The van der Waals surface area contributed by atoms with Crippen LogP contribution in [0.15, 0.2) is 36.5 Å². The highest BCUT2D eigenvalue weighted by molar-refractivity contribution is 6.30. The Kier molecular flexibility index (Phi) is 6.63. The van der Waals surface area contributed by atoms with Gasteiger partial charge in [0.25, 0.3) is 0 Å². The first kappa shape index (κ1) is 21.4. The van der Waals surface area contributed by atoms with Crippen LogP contribution in [0, 0.1) is 5.82 Å². The highest BCUT2D eigenvalue weighted by Crippen LogP contribution is 2.32. The van der Waals surface area contributed by atoms with E-state index in [1.54, 1.807) is 23.2 Å². The lowest BCUT2D eigenvalue weighted by Crippen LogP contribution is -2.41. The molecule has 2 aromatic rings. The number of nitrogens with zero attached hydrogens (tertiary/aromatic N) is 2. The molecule has 0 unspecified atom stereocenters. The van der Waals surface area contributed by atoms with Crippen LogP contribution in [0.3, 0.4) is 0 Å². The number of hydrogen-bond acceptors (Lipinski definition) is 4. The summed E-state index contributed by atoms with van der Waals surface area (Å²) in [5, 5.41) is 3.63. The standard InChI is InChI=1S/C22H27ClFN3O2/c1-22(2,3)29-21(28)27-11-8-15(9-12-27)18-5-4-10-25-20(18)26-14-16-6-7-17(23)13-19(16)24/h4-7,10,13,15H,8-9,11-12,14H2,1-3H3,(H,25,26). The van der Waals surface area contributed by atoms with E-state index in [4.69, 9.17) is 16.3 Å². The van der Waals surface area contributed by atoms with E-state index in [-0.39, 0.29) is 17.8 Å². The fraction of sp³-hybridized carbons (Fsp3) is 0.455. The van der Waals surface area contributed by atoms with Gasteiger partial charge in [-0.2, -0.15) is 0 Å². The topological polar surface area (TPSA) is 54.5 Å². The van der Waals surface area contributed by atoms with Gasteiger partial charge in [0.2, 0.25) is 0 Å². The van der Waals surface area contributed by atoms with E-state index in [2.05, 4.69) is 10.3 Å². The van der Waals surface area contributed by atoms with E-state index in [9.17, 15) is 9.18 Å². The second-order valence-corrected chi connectivity index (χ2v) is 8.71. The van der Waals surface area contributed by atoms with Gasteiger partial charge in [0.1, 0.15) is 17.2 Å². The fourth-order valence-corrected chi connectivity index (χ4v) is 3.60. The minimum Gasteiger partial charge on any atom is -0.444 e. The largest absolute Gasteiger partial charge is 0.444 e. The molecule has 1 fully saturated rings. The predicted octanol–water partition coefficient (Wildman–Crippen LogP) is 5.60. The van der Waals surface area contributed by atoms with Gasteiger partial charge >= 0.3 is 6.09 Å². The molecule has 0 radical (unpaired) electrons. The van der Waals surface area contributed by atoms with Crippen LogP contribution in [0.25, 0.3) is 0 Å². The molecule has 1 aliphatic heterocycles. The van der Waals surface area contributed by atoms with Gasteiger partial charge in [-0.15, -0.1) is 0 Å². The van der Waals surface area contributed by atoms with Gasteiger partial charge < -0.3 is 15.0 Å². The maximum absolute atomic E-state index is 14.1. The van der Waals surface area contributed by atoms with Crippen LogP contribution >= 0.6 is 11.6 Å². The van der Waals surface area contributed by atoms with Crippen LogP contribution in [0.1, 0.15) is 50.7 Å². The van der Waals surface area contributed by atoms with Gasteiger partial charge in [-0.1, -0.05) is 23.7 Å². The fourth-order valence-electron chi connectivity index (χ4n) is 3.44. The highest BCUT2D eigenvalue weighted by atomic mass is 35.5. The lowest BCUT2D eigenvalue weighted by molar-refractivity contribution is 0.0205. The summed E-state index contributed by atoms with van der Waals surface area (Å²) in [6.07, 6.45) is 3.11. The third kappa shape index (κ3) is 5.82. The van der Waals surface area contributed by atoms with Crippen molar-refractivity contribution in [2.24, 2.45) is 0 Å². The number of anilines is 1. The maximum Gasteiger partial charge on any atom is 0.410 e. The Balaban J connectivity index is 1.63. The lowest BCUT2D eigenvalue weighted by atomic mass is 9.89. The average molecular weight is 420 g/mol. The third-order valence-corrected chi connectivity index (χ3v) is 5.12. The Bertz CT molecular complexity index is 861. The Morgan fingerprint density at radius 1 is 1.31 bits per heavy atom.